The van der Waals surface area contributed by atoms with Crippen LogP contribution in [0.3, 0.4) is 0 Å². The maximum Gasteiger partial charge on any atom is 0.340 e. The van der Waals surface area contributed by atoms with Crippen molar-refractivity contribution in [3.05, 3.63) is 65.2 Å². The minimum absolute atomic E-state index is 0.0221. The minimum Gasteiger partial charge on any atom is -0.478 e. The molecule has 0 heterocycles. The van der Waals surface area contributed by atoms with Crippen LogP contribution in [-0.2, 0) is 4.79 Å². The molecule has 0 fully saturated rings. The van der Waals surface area contributed by atoms with Gasteiger partial charge >= 0.3 is 12.0 Å². The number of carbonyl (C=O) groups is 2. The van der Waals surface area contributed by atoms with Crippen molar-refractivity contribution in [3.8, 4) is 0 Å². The van der Waals surface area contributed by atoms with Crippen molar-refractivity contribution in [1.82, 2.24) is 0 Å². The van der Waals surface area contributed by atoms with E-state index < -0.39 is 23.6 Å². The van der Waals surface area contributed by atoms with E-state index in [2.05, 4.69) is 23.8 Å². The number of amides is 2. The van der Waals surface area contributed by atoms with Gasteiger partial charge in [-0.15, -0.1) is 0 Å². The van der Waals surface area contributed by atoms with E-state index >= 15 is 0 Å². The van der Waals surface area contributed by atoms with E-state index in [-0.39, 0.29) is 5.56 Å². The zero-order valence-corrected chi connectivity index (χ0v) is 20.3. The molecule has 2 rings (SSSR count). The maximum absolute atomic E-state index is 14.1. The normalized spacial score (nSPS) is 11.6. The number of carboxylic acids is 1. The van der Waals surface area contributed by atoms with Gasteiger partial charge in [-0.2, -0.15) is 10.1 Å². The van der Waals surface area contributed by atoms with Crippen LogP contribution in [0.4, 0.5) is 25.0 Å². The lowest BCUT2D eigenvalue weighted by Gasteiger charge is -2.29. The second-order valence-corrected chi connectivity index (χ2v) is 8.12. The van der Waals surface area contributed by atoms with Crippen LogP contribution in [0.15, 0.2) is 47.6 Å². The SMILES string of the molecule is CCCCN(CCCC)c1ccc(/C(C)=C/C(=O)O)cc1N(/N=C/c1ccc(F)cc1F)C(N)=O. The molecule has 0 unspecified atom stereocenters. The molecule has 2 aromatic carbocycles. The fourth-order valence-electron chi connectivity index (χ4n) is 3.49. The molecule has 2 amide bonds. The third-order valence-electron chi connectivity index (χ3n) is 5.39. The number of halogens is 2. The summed E-state index contributed by atoms with van der Waals surface area (Å²) in [6, 6.07) is 7.33. The molecule has 0 spiro atoms. The predicted molar refractivity (Wildman–Crippen MR) is 136 cm³/mol. The summed E-state index contributed by atoms with van der Waals surface area (Å²) in [5.74, 6) is -2.67. The Labute approximate surface area is 204 Å². The fourth-order valence-corrected chi connectivity index (χ4v) is 3.49. The summed E-state index contributed by atoms with van der Waals surface area (Å²) in [6.07, 6.45) is 5.94. The molecule has 188 valence electrons. The molecule has 3 N–H and O–H groups in total. The van der Waals surface area contributed by atoms with Gasteiger partial charge in [-0.05, 0) is 55.2 Å². The Bertz CT molecular complexity index is 1090. The smallest absolute Gasteiger partial charge is 0.340 e. The van der Waals surface area contributed by atoms with Crippen molar-refractivity contribution in [2.75, 3.05) is 23.0 Å². The highest BCUT2D eigenvalue weighted by atomic mass is 19.1. The fraction of sp³-hybridized carbons (Fsp3) is 0.346. The van der Waals surface area contributed by atoms with Gasteiger partial charge in [-0.25, -0.2) is 18.4 Å². The first-order valence-corrected chi connectivity index (χ1v) is 11.6. The number of benzene rings is 2. The van der Waals surface area contributed by atoms with Crippen molar-refractivity contribution in [2.45, 2.75) is 46.5 Å². The third kappa shape index (κ3) is 7.91. The van der Waals surface area contributed by atoms with Crippen LogP contribution in [0, 0.1) is 11.6 Å². The topological polar surface area (TPSA) is 99.2 Å². The van der Waals surface area contributed by atoms with Crippen LogP contribution in [0.1, 0.15) is 57.6 Å². The number of hydrogen-bond donors (Lipinski definition) is 2. The maximum atomic E-state index is 14.1. The monoisotopic (exact) mass is 486 g/mol. The molecule has 0 aliphatic rings. The van der Waals surface area contributed by atoms with Crippen molar-refractivity contribution in [3.63, 3.8) is 0 Å². The lowest BCUT2D eigenvalue weighted by Crippen LogP contribution is -2.34. The zero-order valence-electron chi connectivity index (χ0n) is 20.3. The van der Waals surface area contributed by atoms with Gasteiger partial charge in [0.25, 0.3) is 0 Å². The lowest BCUT2D eigenvalue weighted by atomic mass is 10.0. The van der Waals surface area contributed by atoms with Gasteiger partial charge < -0.3 is 15.7 Å². The van der Waals surface area contributed by atoms with Gasteiger partial charge in [-0.3, -0.25) is 0 Å². The molecule has 0 saturated carbocycles. The molecule has 7 nitrogen and oxygen atoms in total. The van der Waals surface area contributed by atoms with Crippen molar-refractivity contribution in [1.29, 1.82) is 0 Å². The molecule has 0 aliphatic carbocycles. The van der Waals surface area contributed by atoms with Gasteiger partial charge in [0.15, 0.2) is 0 Å². The number of nitrogens with two attached hydrogens (primary N) is 1. The summed E-state index contributed by atoms with van der Waals surface area (Å²) in [4.78, 5) is 25.8. The molecular weight excluding hydrogens is 454 g/mol. The zero-order chi connectivity index (χ0) is 26.0. The first-order valence-electron chi connectivity index (χ1n) is 11.6. The van der Waals surface area contributed by atoms with E-state index in [1.807, 2.05) is 0 Å². The largest absolute Gasteiger partial charge is 0.478 e. The van der Waals surface area contributed by atoms with E-state index in [9.17, 15) is 18.4 Å². The number of allylic oxidation sites excluding steroid dienone is 1. The number of aliphatic carboxylic acids is 1. The highest BCUT2D eigenvalue weighted by Gasteiger charge is 2.21. The second-order valence-electron chi connectivity index (χ2n) is 8.12. The average Bonchev–Trinajstić information content (AvgIpc) is 2.80. The average molecular weight is 487 g/mol. The predicted octanol–water partition coefficient (Wildman–Crippen LogP) is 5.78. The number of primary amides is 1. The summed E-state index contributed by atoms with van der Waals surface area (Å²) >= 11 is 0. The molecular formula is C26H32F2N4O3. The number of anilines is 2. The standard InChI is InChI=1S/C26H32F2N4O3/c1-4-6-12-31(13-7-5-2)23-11-9-19(18(3)14-25(33)34)15-24(23)32(26(29)35)30-17-20-8-10-21(27)16-22(20)28/h8-11,14-17H,4-7,12-13H2,1-3H3,(H2,29,35)(H,33,34)/b18-14+,30-17+. The summed E-state index contributed by atoms with van der Waals surface area (Å²) in [6.45, 7) is 7.27. The summed E-state index contributed by atoms with van der Waals surface area (Å²) < 4.78 is 27.4. The van der Waals surface area contributed by atoms with Gasteiger partial charge in [0.05, 0.1) is 17.6 Å². The Morgan fingerprint density at radius 1 is 1.03 bits per heavy atom. The van der Waals surface area contributed by atoms with Gasteiger partial charge in [-0.1, -0.05) is 32.8 Å². The molecule has 0 aromatic heterocycles. The van der Waals surface area contributed by atoms with Crippen LogP contribution >= 0.6 is 0 Å². The first-order chi connectivity index (χ1) is 16.7. The highest BCUT2D eigenvalue weighted by Crippen LogP contribution is 2.34. The molecule has 0 atom stereocenters. The van der Waals surface area contributed by atoms with E-state index in [0.29, 0.717) is 22.5 Å². The Balaban J connectivity index is 2.65. The van der Waals surface area contributed by atoms with Crippen LogP contribution in [-0.4, -0.2) is 36.4 Å². The van der Waals surface area contributed by atoms with E-state index in [1.165, 1.54) is 6.07 Å². The van der Waals surface area contributed by atoms with E-state index in [1.54, 1.807) is 25.1 Å². The number of hydrazone groups is 1. The Hall–Kier alpha value is -3.75. The quantitative estimate of drug-likeness (QED) is 0.226. The first kappa shape index (κ1) is 27.5. The molecule has 0 aliphatic heterocycles. The number of rotatable bonds is 12. The molecule has 0 bridgehead atoms. The van der Waals surface area contributed by atoms with Crippen LogP contribution in [0.25, 0.3) is 5.57 Å². The third-order valence-corrected chi connectivity index (χ3v) is 5.39. The summed E-state index contributed by atoms with van der Waals surface area (Å²) in [5.41, 5.74) is 7.69. The number of carbonyl (C=O) groups excluding carboxylic acids is 1. The van der Waals surface area contributed by atoms with E-state index in [4.69, 9.17) is 10.8 Å². The molecule has 0 saturated heterocycles. The molecule has 35 heavy (non-hydrogen) atoms. The molecule has 0 radical (unpaired) electrons. The Morgan fingerprint density at radius 2 is 1.69 bits per heavy atom. The molecule has 9 heteroatoms. The van der Waals surface area contributed by atoms with Crippen molar-refractivity contribution in [2.24, 2.45) is 10.8 Å². The van der Waals surface area contributed by atoms with Gasteiger partial charge in [0.2, 0.25) is 0 Å². The van der Waals surface area contributed by atoms with Crippen molar-refractivity contribution < 1.29 is 23.5 Å². The Morgan fingerprint density at radius 3 is 2.23 bits per heavy atom. The number of hydrogen-bond acceptors (Lipinski definition) is 4. The van der Waals surface area contributed by atoms with Crippen LogP contribution in [0.2, 0.25) is 0 Å². The van der Waals surface area contributed by atoms with E-state index in [0.717, 1.165) is 68.2 Å². The van der Waals surface area contributed by atoms with Crippen molar-refractivity contribution >= 4 is 35.2 Å². The number of urea groups is 1. The second kappa shape index (κ2) is 13.2. The Kier molecular flexibility index (Phi) is 10.4. The molecule has 2 aromatic rings. The summed E-state index contributed by atoms with van der Waals surface area (Å²) in [7, 11) is 0. The lowest BCUT2D eigenvalue weighted by molar-refractivity contribution is -0.131. The van der Waals surface area contributed by atoms with Gasteiger partial charge in [0.1, 0.15) is 11.6 Å². The van der Waals surface area contributed by atoms with Crippen LogP contribution in [0.5, 0.6) is 0 Å². The summed E-state index contributed by atoms with van der Waals surface area (Å²) in [5, 5.41) is 14.2. The number of nitrogens with zero attached hydrogens (tertiary/aromatic N) is 3. The number of unbranched alkanes of at least 4 members (excludes halogenated alkanes) is 2. The number of carboxylic acid groups (broad SMARTS) is 1. The van der Waals surface area contributed by atoms with Gasteiger partial charge in [0, 0.05) is 30.8 Å². The van der Waals surface area contributed by atoms with Crippen LogP contribution < -0.4 is 15.6 Å². The minimum atomic E-state index is -1.10. The highest BCUT2D eigenvalue weighted by molar-refractivity contribution is 5.98.